The fourth-order valence-corrected chi connectivity index (χ4v) is 3.65. The fraction of sp³-hybridized carbons (Fsp3) is 0.300. The summed E-state index contributed by atoms with van der Waals surface area (Å²) in [5.74, 6) is 1.59. The Morgan fingerprint density at radius 3 is 2.37 bits per heavy atom. The number of thioether (sulfide) groups is 1. The van der Waals surface area contributed by atoms with Crippen LogP contribution in [0.4, 0.5) is 5.69 Å². The smallest absolute Gasteiger partial charge is 0.238 e. The summed E-state index contributed by atoms with van der Waals surface area (Å²) in [4.78, 5) is 20.6. The Hall–Kier alpha value is -2.67. The van der Waals surface area contributed by atoms with Crippen molar-refractivity contribution in [1.29, 1.82) is 0 Å². The Bertz CT molecular complexity index is 922. The van der Waals surface area contributed by atoms with Crippen molar-refractivity contribution in [3.8, 4) is 11.5 Å². The summed E-state index contributed by atoms with van der Waals surface area (Å²) < 4.78 is 10.4. The van der Waals surface area contributed by atoms with E-state index in [1.165, 1.54) is 11.8 Å². The van der Waals surface area contributed by atoms with E-state index in [1.807, 2.05) is 56.3 Å². The molecule has 3 rings (SSSR count). The molecule has 1 amide bonds. The van der Waals surface area contributed by atoms with Crippen molar-refractivity contribution in [2.24, 2.45) is 5.92 Å². The maximum Gasteiger partial charge on any atom is 0.238 e. The third kappa shape index (κ3) is 4.54. The molecule has 0 radical (unpaired) electrons. The first-order chi connectivity index (χ1) is 13.0. The van der Waals surface area contributed by atoms with Gasteiger partial charge in [0.25, 0.3) is 0 Å². The number of amides is 1. The van der Waals surface area contributed by atoms with Crippen LogP contribution < -0.4 is 14.8 Å². The minimum absolute atomic E-state index is 0.0572. The molecule has 1 heterocycles. The zero-order valence-electron chi connectivity index (χ0n) is 15.8. The van der Waals surface area contributed by atoms with Crippen molar-refractivity contribution in [2.45, 2.75) is 24.3 Å². The number of aromatic nitrogens is 2. The van der Waals surface area contributed by atoms with E-state index in [0.29, 0.717) is 5.16 Å². The largest absolute Gasteiger partial charge is 0.497 e. The van der Waals surface area contributed by atoms with Gasteiger partial charge in [-0.25, -0.2) is 4.98 Å². The van der Waals surface area contributed by atoms with Gasteiger partial charge < -0.3 is 19.8 Å². The lowest BCUT2D eigenvalue weighted by atomic mass is 10.1. The molecule has 7 heteroatoms. The average molecular weight is 385 g/mol. The number of anilines is 1. The fourth-order valence-electron chi connectivity index (χ4n) is 2.65. The lowest BCUT2D eigenvalue weighted by Crippen LogP contribution is -2.29. The highest BCUT2D eigenvalue weighted by Crippen LogP contribution is 2.30. The molecular weight excluding hydrogens is 362 g/mol. The number of hydrogen-bond donors (Lipinski definition) is 2. The number of nitrogens with zero attached hydrogens (tertiary/aromatic N) is 1. The van der Waals surface area contributed by atoms with Crippen LogP contribution in [0.5, 0.6) is 11.5 Å². The first kappa shape index (κ1) is 19.1. The Labute approximate surface area is 162 Å². The number of hydrogen-bond acceptors (Lipinski definition) is 5. The predicted octanol–water partition coefficient (Wildman–Crippen LogP) is 4.34. The molecule has 3 aromatic rings. The highest BCUT2D eigenvalue weighted by atomic mass is 32.2. The van der Waals surface area contributed by atoms with Gasteiger partial charge in [0.2, 0.25) is 5.91 Å². The minimum atomic E-state index is -0.283. The zero-order valence-corrected chi connectivity index (χ0v) is 16.6. The van der Waals surface area contributed by atoms with Gasteiger partial charge in [-0.3, -0.25) is 4.79 Å². The topological polar surface area (TPSA) is 76.2 Å². The Kier molecular flexibility index (Phi) is 5.91. The lowest BCUT2D eigenvalue weighted by Gasteiger charge is -2.18. The summed E-state index contributed by atoms with van der Waals surface area (Å²) in [7, 11) is 3.24. The van der Waals surface area contributed by atoms with Crippen molar-refractivity contribution < 1.29 is 14.3 Å². The van der Waals surface area contributed by atoms with Crippen LogP contribution in [-0.4, -0.2) is 35.3 Å². The molecule has 2 N–H and O–H groups in total. The van der Waals surface area contributed by atoms with Gasteiger partial charge in [0, 0.05) is 11.8 Å². The number of imidazole rings is 1. The number of carbonyl (C=O) groups is 1. The molecule has 0 unspecified atom stereocenters. The van der Waals surface area contributed by atoms with Crippen molar-refractivity contribution in [2.75, 3.05) is 19.5 Å². The van der Waals surface area contributed by atoms with Crippen molar-refractivity contribution in [1.82, 2.24) is 9.97 Å². The molecule has 0 aliphatic carbocycles. The molecule has 0 spiro atoms. The minimum Gasteiger partial charge on any atom is -0.497 e. The summed E-state index contributed by atoms with van der Waals surface area (Å²) in [6.45, 7) is 4.05. The molecule has 0 aliphatic rings. The molecular formula is C20H23N3O3S. The quantitative estimate of drug-likeness (QED) is 0.592. The van der Waals surface area contributed by atoms with Crippen LogP contribution in [0.1, 0.15) is 13.8 Å². The molecule has 27 heavy (non-hydrogen) atoms. The summed E-state index contributed by atoms with van der Waals surface area (Å²) in [6.07, 6.45) is 0. The summed E-state index contributed by atoms with van der Waals surface area (Å²) >= 11 is 1.43. The predicted molar refractivity (Wildman–Crippen MR) is 109 cm³/mol. The number of H-pyrrole nitrogens is 1. The van der Waals surface area contributed by atoms with Crippen LogP contribution >= 0.6 is 11.8 Å². The van der Waals surface area contributed by atoms with Crippen LogP contribution in [0.25, 0.3) is 11.0 Å². The van der Waals surface area contributed by atoms with E-state index in [1.54, 1.807) is 14.2 Å². The maximum atomic E-state index is 12.8. The summed E-state index contributed by atoms with van der Waals surface area (Å²) in [6, 6.07) is 13.0. The van der Waals surface area contributed by atoms with E-state index in [-0.39, 0.29) is 17.1 Å². The number of methoxy groups -OCH3 is 2. The third-order valence-electron chi connectivity index (χ3n) is 4.13. The van der Waals surface area contributed by atoms with Crippen LogP contribution in [0.2, 0.25) is 0 Å². The van der Waals surface area contributed by atoms with E-state index in [2.05, 4.69) is 15.3 Å². The Balaban J connectivity index is 1.75. The van der Waals surface area contributed by atoms with E-state index in [4.69, 9.17) is 9.47 Å². The first-order valence-corrected chi connectivity index (χ1v) is 9.53. The van der Waals surface area contributed by atoms with Gasteiger partial charge in [-0.15, -0.1) is 0 Å². The van der Waals surface area contributed by atoms with E-state index in [0.717, 1.165) is 28.2 Å². The first-order valence-electron chi connectivity index (χ1n) is 8.65. The lowest BCUT2D eigenvalue weighted by molar-refractivity contribution is -0.116. The zero-order chi connectivity index (χ0) is 19.4. The SMILES string of the molecule is COc1ccc(NC(=O)[C@@H](Sc2nc3ccc(OC)cc3[nH]2)C(C)C)cc1. The second kappa shape index (κ2) is 8.35. The number of nitrogens with one attached hydrogen (secondary N) is 2. The van der Waals surface area contributed by atoms with Gasteiger partial charge in [-0.2, -0.15) is 0 Å². The van der Waals surface area contributed by atoms with Crippen LogP contribution in [0.3, 0.4) is 0 Å². The van der Waals surface area contributed by atoms with Gasteiger partial charge >= 0.3 is 0 Å². The Morgan fingerprint density at radius 2 is 1.74 bits per heavy atom. The van der Waals surface area contributed by atoms with Gasteiger partial charge in [-0.05, 0) is 42.3 Å². The molecule has 142 valence electrons. The molecule has 2 aromatic carbocycles. The van der Waals surface area contributed by atoms with E-state index >= 15 is 0 Å². The average Bonchev–Trinajstić information content (AvgIpc) is 3.08. The summed E-state index contributed by atoms with van der Waals surface area (Å²) in [5, 5.41) is 3.40. The van der Waals surface area contributed by atoms with Crippen LogP contribution in [0, 0.1) is 5.92 Å². The number of benzene rings is 2. The van der Waals surface area contributed by atoms with Crippen molar-refractivity contribution in [3.05, 3.63) is 42.5 Å². The Morgan fingerprint density at radius 1 is 1.07 bits per heavy atom. The highest BCUT2D eigenvalue weighted by molar-refractivity contribution is 8.00. The third-order valence-corrected chi connectivity index (χ3v) is 5.56. The van der Waals surface area contributed by atoms with Crippen molar-refractivity contribution >= 4 is 34.4 Å². The number of fused-ring (bicyclic) bond motifs is 1. The standard InChI is InChI=1S/C20H23N3O3S/c1-12(2)18(19(24)21-13-5-7-14(25-3)8-6-13)27-20-22-16-10-9-15(26-4)11-17(16)23-20/h5-12,18H,1-4H3,(H,21,24)(H,22,23)/t18-/m0/s1. The van der Waals surface area contributed by atoms with Gasteiger partial charge in [0.1, 0.15) is 11.5 Å². The van der Waals surface area contributed by atoms with Gasteiger partial charge in [0.15, 0.2) is 5.16 Å². The molecule has 1 aromatic heterocycles. The monoisotopic (exact) mass is 385 g/mol. The van der Waals surface area contributed by atoms with Crippen LogP contribution in [-0.2, 0) is 4.79 Å². The van der Waals surface area contributed by atoms with E-state index in [9.17, 15) is 4.79 Å². The normalized spacial score (nSPS) is 12.2. The second-order valence-corrected chi connectivity index (χ2v) is 7.56. The van der Waals surface area contributed by atoms with Gasteiger partial charge in [-0.1, -0.05) is 25.6 Å². The molecule has 0 aliphatic heterocycles. The van der Waals surface area contributed by atoms with Crippen molar-refractivity contribution in [3.63, 3.8) is 0 Å². The van der Waals surface area contributed by atoms with Gasteiger partial charge in [0.05, 0.1) is 30.5 Å². The van der Waals surface area contributed by atoms with E-state index < -0.39 is 0 Å². The number of carbonyl (C=O) groups excluding carboxylic acids is 1. The number of ether oxygens (including phenoxy) is 2. The molecule has 0 bridgehead atoms. The number of aromatic amines is 1. The van der Waals surface area contributed by atoms with Crippen LogP contribution in [0.15, 0.2) is 47.6 Å². The summed E-state index contributed by atoms with van der Waals surface area (Å²) in [5.41, 5.74) is 2.47. The molecule has 1 atom stereocenters. The molecule has 0 fully saturated rings. The molecule has 6 nitrogen and oxygen atoms in total. The second-order valence-electron chi connectivity index (χ2n) is 6.43. The number of rotatable bonds is 7. The molecule has 0 saturated carbocycles. The maximum absolute atomic E-state index is 12.8. The molecule has 0 saturated heterocycles. The highest BCUT2D eigenvalue weighted by Gasteiger charge is 2.25.